The smallest absolute Gasteiger partial charge is 0.322 e. The van der Waals surface area contributed by atoms with E-state index in [4.69, 9.17) is 4.99 Å². The number of fused-ring (bicyclic) bond motifs is 1. The molecule has 2 fully saturated rings. The lowest BCUT2D eigenvalue weighted by atomic mass is 9.96. The van der Waals surface area contributed by atoms with Crippen LogP contribution in [-0.4, -0.2) is 77.0 Å². The summed E-state index contributed by atoms with van der Waals surface area (Å²) in [5, 5.41) is 4.05. The van der Waals surface area contributed by atoms with Crippen molar-refractivity contribution >= 4 is 23.6 Å². The summed E-state index contributed by atoms with van der Waals surface area (Å²) in [5.74, 6) is -1.74. The van der Waals surface area contributed by atoms with Crippen LogP contribution in [0, 0.1) is 5.92 Å². The largest absolute Gasteiger partial charge is 0.391 e. The van der Waals surface area contributed by atoms with E-state index in [-0.39, 0.29) is 37.6 Å². The number of carbonyl (C=O) groups excluding carboxylic acids is 3. The van der Waals surface area contributed by atoms with Crippen molar-refractivity contribution in [3.63, 3.8) is 0 Å². The van der Waals surface area contributed by atoms with Gasteiger partial charge < -0.3 is 4.90 Å². The number of hydrogen-bond acceptors (Lipinski definition) is 7. The van der Waals surface area contributed by atoms with Gasteiger partial charge in [0.05, 0.1) is 5.92 Å². The Labute approximate surface area is 193 Å². The van der Waals surface area contributed by atoms with Crippen LogP contribution in [0.4, 0.5) is 13.2 Å². The molecule has 9 nitrogen and oxygen atoms in total. The maximum atomic E-state index is 13.0. The normalized spacial score (nSPS) is 27.0. The lowest BCUT2D eigenvalue weighted by Crippen LogP contribution is -2.52. The molecule has 0 aromatic heterocycles. The third-order valence-electron chi connectivity index (χ3n) is 6.99. The molecule has 3 amide bonds. The zero-order valence-electron chi connectivity index (χ0n) is 18.6. The van der Waals surface area contributed by atoms with E-state index in [1.54, 1.807) is 24.2 Å². The van der Waals surface area contributed by atoms with Gasteiger partial charge in [-0.1, -0.05) is 6.07 Å². The monoisotopic (exact) mass is 478 g/mol. The Hall–Kier alpha value is -2.99. The van der Waals surface area contributed by atoms with Gasteiger partial charge in [0.2, 0.25) is 11.8 Å². The molecule has 0 bridgehead atoms. The predicted molar refractivity (Wildman–Crippen MR) is 114 cm³/mol. The molecule has 0 aliphatic carbocycles. The van der Waals surface area contributed by atoms with Crippen LogP contribution in [0.15, 0.2) is 23.2 Å². The number of nitrogens with one attached hydrogen (secondary N) is 2. The molecule has 1 aromatic rings. The second kappa shape index (κ2) is 8.35. The highest BCUT2D eigenvalue weighted by Gasteiger charge is 2.43. The number of imide groups is 1. The van der Waals surface area contributed by atoms with Crippen molar-refractivity contribution in [2.24, 2.45) is 10.9 Å². The molecular formula is C22H25F3N6O3. The second-order valence-corrected chi connectivity index (χ2v) is 9.17. The van der Waals surface area contributed by atoms with Crippen LogP contribution in [0.3, 0.4) is 0 Å². The molecule has 0 spiro atoms. The van der Waals surface area contributed by atoms with E-state index in [0.29, 0.717) is 30.9 Å². The lowest BCUT2D eigenvalue weighted by Gasteiger charge is -2.37. The molecule has 34 heavy (non-hydrogen) atoms. The number of carbonyl (C=O) groups is 3. The summed E-state index contributed by atoms with van der Waals surface area (Å²) < 4.78 is 39.0. The number of alkyl halides is 3. The van der Waals surface area contributed by atoms with E-state index in [2.05, 4.69) is 10.7 Å². The van der Waals surface area contributed by atoms with E-state index in [0.717, 1.165) is 11.1 Å². The molecule has 4 aliphatic rings. The maximum absolute atomic E-state index is 13.0. The summed E-state index contributed by atoms with van der Waals surface area (Å²) >= 11 is 0. The summed E-state index contributed by atoms with van der Waals surface area (Å²) in [6, 6.07) is 4.63. The van der Waals surface area contributed by atoms with Crippen LogP contribution in [-0.2, 0) is 16.1 Å². The number of amides is 3. The Bertz CT molecular complexity index is 1070. The highest BCUT2D eigenvalue weighted by molar-refractivity contribution is 6.06. The van der Waals surface area contributed by atoms with Gasteiger partial charge in [0, 0.05) is 44.2 Å². The zero-order valence-corrected chi connectivity index (χ0v) is 18.6. The molecule has 0 radical (unpaired) electrons. The minimum Gasteiger partial charge on any atom is -0.322 e. The van der Waals surface area contributed by atoms with Gasteiger partial charge in [-0.2, -0.15) is 18.2 Å². The Morgan fingerprint density at radius 3 is 2.50 bits per heavy atom. The molecule has 2 saturated heterocycles. The average Bonchev–Trinajstić information content (AvgIpc) is 3.33. The highest BCUT2D eigenvalue weighted by atomic mass is 19.4. The molecule has 4 heterocycles. The third kappa shape index (κ3) is 4.05. The molecule has 4 aliphatic heterocycles. The maximum Gasteiger partial charge on any atom is 0.391 e. The van der Waals surface area contributed by atoms with Crippen molar-refractivity contribution in [3.05, 3.63) is 34.9 Å². The van der Waals surface area contributed by atoms with Gasteiger partial charge >= 0.3 is 6.18 Å². The fourth-order valence-electron chi connectivity index (χ4n) is 5.10. The first-order valence-corrected chi connectivity index (χ1v) is 11.3. The SMILES string of the molecule is CN1NC(c2ccc3c(c2)CN(C2CCC(=O)NC2=O)C3=O)=NC1N1CCC(C(F)(F)F)CC1. The number of nitrogens with zero attached hydrogens (tertiary/aromatic N) is 4. The van der Waals surface area contributed by atoms with Crippen LogP contribution < -0.4 is 10.7 Å². The van der Waals surface area contributed by atoms with Crippen molar-refractivity contribution in [2.45, 2.75) is 50.7 Å². The first kappa shape index (κ1) is 22.8. The van der Waals surface area contributed by atoms with E-state index in [9.17, 15) is 27.6 Å². The fraction of sp³-hybridized carbons (Fsp3) is 0.545. The minimum absolute atomic E-state index is 0.0514. The van der Waals surface area contributed by atoms with Crippen molar-refractivity contribution in [3.8, 4) is 0 Å². The summed E-state index contributed by atoms with van der Waals surface area (Å²) in [5.41, 5.74) is 5.18. The Morgan fingerprint density at radius 2 is 1.82 bits per heavy atom. The first-order chi connectivity index (χ1) is 16.1. The average molecular weight is 478 g/mol. The number of hydrogen-bond donors (Lipinski definition) is 2. The molecule has 0 saturated carbocycles. The standard InChI is InChI=1S/C22H25F3N6O3/c1-29-21(30-8-6-14(7-9-30)22(23,24)25)27-18(28-29)12-2-3-15-13(10-12)11-31(20(15)34)16-4-5-17(32)26-19(16)33/h2-3,10,14,16,21H,4-9,11H2,1H3,(H,27,28)(H,26,32,33). The second-order valence-electron chi connectivity index (χ2n) is 9.17. The first-order valence-electron chi connectivity index (χ1n) is 11.3. The van der Waals surface area contributed by atoms with Crippen LogP contribution in [0.1, 0.15) is 47.2 Å². The number of likely N-dealkylation sites (tertiary alicyclic amines) is 1. The number of halogens is 3. The minimum atomic E-state index is -4.16. The van der Waals surface area contributed by atoms with Gasteiger partial charge in [-0.15, -0.1) is 0 Å². The molecule has 2 unspecified atom stereocenters. The molecule has 5 rings (SSSR count). The number of rotatable bonds is 3. The van der Waals surface area contributed by atoms with Gasteiger partial charge in [-0.3, -0.25) is 30.0 Å². The van der Waals surface area contributed by atoms with E-state index < -0.39 is 30.3 Å². The number of aliphatic imine (C=N–C) groups is 1. The van der Waals surface area contributed by atoms with Gasteiger partial charge in [0.15, 0.2) is 6.29 Å². The molecule has 2 atom stereocenters. The quantitative estimate of drug-likeness (QED) is 0.634. The number of piperidine rings is 2. The lowest BCUT2D eigenvalue weighted by molar-refractivity contribution is -0.187. The summed E-state index contributed by atoms with van der Waals surface area (Å²) in [6.45, 7) is 0.861. The number of amidine groups is 1. The summed E-state index contributed by atoms with van der Waals surface area (Å²) in [4.78, 5) is 44.7. The third-order valence-corrected chi connectivity index (χ3v) is 6.99. The molecule has 2 N–H and O–H groups in total. The van der Waals surface area contributed by atoms with Crippen molar-refractivity contribution in [2.75, 3.05) is 20.1 Å². The van der Waals surface area contributed by atoms with Crippen molar-refractivity contribution in [1.82, 2.24) is 25.6 Å². The van der Waals surface area contributed by atoms with E-state index in [1.807, 2.05) is 11.0 Å². The van der Waals surface area contributed by atoms with Crippen molar-refractivity contribution in [1.29, 1.82) is 0 Å². The number of benzene rings is 1. The Balaban J connectivity index is 1.30. The highest BCUT2D eigenvalue weighted by Crippen LogP contribution is 2.35. The number of hydrazine groups is 1. The van der Waals surface area contributed by atoms with Crippen LogP contribution in [0.25, 0.3) is 0 Å². The molecular weight excluding hydrogens is 453 g/mol. The predicted octanol–water partition coefficient (Wildman–Crippen LogP) is 1.20. The van der Waals surface area contributed by atoms with Gasteiger partial charge in [0.25, 0.3) is 5.91 Å². The van der Waals surface area contributed by atoms with Crippen molar-refractivity contribution < 1.29 is 27.6 Å². The topological polar surface area (TPSA) is 97.3 Å². The van der Waals surface area contributed by atoms with Crippen LogP contribution in [0.5, 0.6) is 0 Å². The Morgan fingerprint density at radius 1 is 1.09 bits per heavy atom. The zero-order chi connectivity index (χ0) is 24.2. The fourth-order valence-corrected chi connectivity index (χ4v) is 5.10. The molecule has 1 aromatic carbocycles. The molecule has 182 valence electrons. The Kier molecular flexibility index (Phi) is 5.59. The van der Waals surface area contributed by atoms with Crippen LogP contribution >= 0.6 is 0 Å². The van der Waals surface area contributed by atoms with E-state index >= 15 is 0 Å². The van der Waals surface area contributed by atoms with Crippen LogP contribution in [0.2, 0.25) is 0 Å². The van der Waals surface area contributed by atoms with Gasteiger partial charge in [-0.25, -0.2) is 4.99 Å². The van der Waals surface area contributed by atoms with Gasteiger partial charge in [0.1, 0.15) is 11.9 Å². The van der Waals surface area contributed by atoms with E-state index in [1.165, 1.54) is 4.90 Å². The summed E-state index contributed by atoms with van der Waals surface area (Å²) in [6.07, 6.45) is -3.99. The summed E-state index contributed by atoms with van der Waals surface area (Å²) in [7, 11) is 1.79. The van der Waals surface area contributed by atoms with Gasteiger partial charge in [-0.05, 0) is 37.0 Å². The molecule has 12 heteroatoms.